The van der Waals surface area contributed by atoms with E-state index in [2.05, 4.69) is 19.1 Å². The summed E-state index contributed by atoms with van der Waals surface area (Å²) < 4.78 is 0. The third-order valence-electron chi connectivity index (χ3n) is 4.62. The summed E-state index contributed by atoms with van der Waals surface area (Å²) in [7, 11) is 0. The summed E-state index contributed by atoms with van der Waals surface area (Å²) in [6, 6.07) is 10.5. The zero-order valence-corrected chi connectivity index (χ0v) is 11.9. The van der Waals surface area contributed by atoms with E-state index in [-0.39, 0.29) is 0 Å². The number of nitriles is 1. The number of hydrogen-bond acceptors (Lipinski definition) is 2. The van der Waals surface area contributed by atoms with Gasteiger partial charge in [-0.15, -0.1) is 0 Å². The molecule has 2 heteroatoms. The molecule has 0 amide bonds. The van der Waals surface area contributed by atoms with Gasteiger partial charge in [0.1, 0.15) is 5.41 Å². The van der Waals surface area contributed by atoms with Crippen molar-refractivity contribution in [2.75, 3.05) is 0 Å². The lowest BCUT2D eigenvalue weighted by Crippen LogP contribution is -2.47. The van der Waals surface area contributed by atoms with Gasteiger partial charge in [-0.05, 0) is 37.3 Å². The predicted octanol–water partition coefficient (Wildman–Crippen LogP) is 3.73. The first kappa shape index (κ1) is 14.1. The summed E-state index contributed by atoms with van der Waals surface area (Å²) in [4.78, 5) is 0. The maximum absolute atomic E-state index is 10.9. The molecular weight excluding hydrogens is 234 g/mol. The maximum Gasteiger partial charge on any atom is 0.111 e. The number of nitrogens with zero attached hydrogens (tertiary/aromatic N) is 1. The number of unbranched alkanes of at least 4 members (excludes halogenated alkanes) is 2. The van der Waals surface area contributed by atoms with Gasteiger partial charge in [0.25, 0.3) is 0 Å². The quantitative estimate of drug-likeness (QED) is 0.817. The summed E-state index contributed by atoms with van der Waals surface area (Å²) in [6.07, 6.45) is 5.55. The smallest absolute Gasteiger partial charge is 0.111 e. The second-order valence-electron chi connectivity index (χ2n) is 5.91. The molecule has 1 aliphatic rings. The van der Waals surface area contributed by atoms with Crippen LogP contribution in [-0.4, -0.2) is 10.7 Å². The van der Waals surface area contributed by atoms with E-state index in [4.69, 9.17) is 0 Å². The van der Waals surface area contributed by atoms with Gasteiger partial charge in [0.15, 0.2) is 0 Å². The van der Waals surface area contributed by atoms with E-state index < -0.39 is 11.0 Å². The van der Waals surface area contributed by atoms with Gasteiger partial charge in [-0.25, -0.2) is 0 Å². The monoisotopic (exact) mass is 257 g/mol. The van der Waals surface area contributed by atoms with E-state index in [1.165, 1.54) is 5.56 Å². The molecule has 2 rings (SSSR count). The highest BCUT2D eigenvalue weighted by molar-refractivity contribution is 5.47. The molecule has 1 aromatic rings. The highest BCUT2D eigenvalue weighted by Gasteiger charge is 2.51. The van der Waals surface area contributed by atoms with Gasteiger partial charge in [0, 0.05) is 0 Å². The number of rotatable bonds is 5. The van der Waals surface area contributed by atoms with Crippen LogP contribution in [0.2, 0.25) is 0 Å². The lowest BCUT2D eigenvalue weighted by atomic mass is 9.67. The van der Waals surface area contributed by atoms with Crippen LogP contribution in [0.15, 0.2) is 24.3 Å². The average molecular weight is 257 g/mol. The minimum atomic E-state index is -0.941. The van der Waals surface area contributed by atoms with E-state index in [0.29, 0.717) is 6.42 Å². The Morgan fingerprint density at radius 3 is 2.79 bits per heavy atom. The SMILES string of the molecule is CCCCCC(C)(O)C1(C#N)CCc2ccccc21. The first-order chi connectivity index (χ1) is 9.07. The Labute approximate surface area is 116 Å². The van der Waals surface area contributed by atoms with Gasteiger partial charge >= 0.3 is 0 Å². The van der Waals surface area contributed by atoms with Crippen molar-refractivity contribution in [3.63, 3.8) is 0 Å². The summed E-state index contributed by atoms with van der Waals surface area (Å²) in [6.45, 7) is 3.99. The van der Waals surface area contributed by atoms with Crippen LogP contribution in [0, 0.1) is 11.3 Å². The van der Waals surface area contributed by atoms with Gasteiger partial charge in [-0.2, -0.15) is 5.26 Å². The molecule has 0 saturated heterocycles. The van der Waals surface area contributed by atoms with Crippen molar-refractivity contribution < 1.29 is 5.11 Å². The zero-order chi connectivity index (χ0) is 13.9. The third kappa shape index (κ3) is 2.28. The minimum Gasteiger partial charge on any atom is -0.388 e. The molecule has 0 heterocycles. The molecule has 0 aliphatic heterocycles. The number of aryl methyl sites for hydroxylation is 1. The Morgan fingerprint density at radius 2 is 2.11 bits per heavy atom. The Kier molecular flexibility index (Phi) is 3.96. The van der Waals surface area contributed by atoms with Crippen LogP contribution < -0.4 is 0 Å². The topological polar surface area (TPSA) is 44.0 Å². The van der Waals surface area contributed by atoms with Crippen LogP contribution >= 0.6 is 0 Å². The molecule has 0 saturated carbocycles. The van der Waals surface area contributed by atoms with Crippen LogP contribution in [-0.2, 0) is 11.8 Å². The molecule has 1 aliphatic carbocycles. The van der Waals surface area contributed by atoms with Gasteiger partial charge in [-0.3, -0.25) is 0 Å². The summed E-state index contributed by atoms with van der Waals surface area (Å²) in [5.41, 5.74) is 0.597. The van der Waals surface area contributed by atoms with Crippen molar-refractivity contribution in [3.05, 3.63) is 35.4 Å². The third-order valence-corrected chi connectivity index (χ3v) is 4.62. The van der Waals surface area contributed by atoms with E-state index in [9.17, 15) is 10.4 Å². The number of benzene rings is 1. The molecule has 0 aromatic heterocycles. The Bertz CT molecular complexity index is 486. The Hall–Kier alpha value is -1.33. The Morgan fingerprint density at radius 1 is 1.37 bits per heavy atom. The zero-order valence-electron chi connectivity index (χ0n) is 11.9. The van der Waals surface area contributed by atoms with Gasteiger partial charge in [0.05, 0.1) is 11.7 Å². The molecule has 0 fully saturated rings. The van der Waals surface area contributed by atoms with Crippen LogP contribution in [0.1, 0.15) is 57.1 Å². The maximum atomic E-state index is 10.9. The van der Waals surface area contributed by atoms with Crippen molar-refractivity contribution in [2.45, 2.75) is 63.4 Å². The first-order valence-electron chi connectivity index (χ1n) is 7.29. The molecule has 102 valence electrons. The van der Waals surface area contributed by atoms with E-state index in [0.717, 1.165) is 37.7 Å². The van der Waals surface area contributed by atoms with Gasteiger partial charge in [-0.1, -0.05) is 50.5 Å². The molecule has 2 nitrogen and oxygen atoms in total. The minimum absolute atomic E-state index is 0.697. The molecule has 1 N–H and O–H groups in total. The second-order valence-corrected chi connectivity index (χ2v) is 5.91. The highest BCUT2D eigenvalue weighted by Crippen LogP contribution is 2.47. The van der Waals surface area contributed by atoms with Crippen molar-refractivity contribution in [1.29, 1.82) is 5.26 Å². The molecular formula is C17H23NO. The standard InChI is InChI=1S/C17H23NO/c1-3-4-7-11-16(2,19)17(13-18)12-10-14-8-5-6-9-15(14)17/h5-6,8-9,19H,3-4,7,10-12H2,1-2H3. The number of hydrogen-bond donors (Lipinski definition) is 1. The summed E-state index contributed by atoms with van der Waals surface area (Å²) in [5, 5.41) is 20.7. The molecule has 0 radical (unpaired) electrons. The van der Waals surface area contributed by atoms with E-state index in [1.54, 1.807) is 0 Å². The second kappa shape index (κ2) is 5.35. The lowest BCUT2D eigenvalue weighted by molar-refractivity contribution is -0.00909. The van der Waals surface area contributed by atoms with E-state index >= 15 is 0 Å². The molecule has 0 spiro atoms. The number of fused-ring (bicyclic) bond motifs is 1. The molecule has 2 unspecified atom stereocenters. The molecule has 19 heavy (non-hydrogen) atoms. The number of aliphatic hydroxyl groups is 1. The Balaban J connectivity index is 2.32. The fourth-order valence-electron chi connectivity index (χ4n) is 3.34. The van der Waals surface area contributed by atoms with Crippen LogP contribution in [0.3, 0.4) is 0 Å². The molecule has 0 bridgehead atoms. The molecule has 2 atom stereocenters. The normalized spacial score (nSPS) is 24.5. The van der Waals surface area contributed by atoms with Crippen molar-refractivity contribution in [3.8, 4) is 6.07 Å². The lowest BCUT2D eigenvalue weighted by Gasteiger charge is -2.38. The van der Waals surface area contributed by atoms with Crippen LogP contribution in [0.4, 0.5) is 0 Å². The van der Waals surface area contributed by atoms with Crippen molar-refractivity contribution >= 4 is 0 Å². The van der Waals surface area contributed by atoms with Crippen molar-refractivity contribution in [1.82, 2.24) is 0 Å². The van der Waals surface area contributed by atoms with Crippen LogP contribution in [0.25, 0.3) is 0 Å². The molecule has 1 aromatic carbocycles. The summed E-state index contributed by atoms with van der Waals surface area (Å²) >= 11 is 0. The summed E-state index contributed by atoms with van der Waals surface area (Å²) in [5.74, 6) is 0. The van der Waals surface area contributed by atoms with Gasteiger partial charge in [0.2, 0.25) is 0 Å². The average Bonchev–Trinajstić information content (AvgIpc) is 2.79. The fourth-order valence-corrected chi connectivity index (χ4v) is 3.34. The van der Waals surface area contributed by atoms with Crippen molar-refractivity contribution in [2.24, 2.45) is 0 Å². The first-order valence-corrected chi connectivity index (χ1v) is 7.29. The highest BCUT2D eigenvalue weighted by atomic mass is 16.3. The van der Waals surface area contributed by atoms with Gasteiger partial charge < -0.3 is 5.11 Å². The predicted molar refractivity (Wildman–Crippen MR) is 76.8 cm³/mol. The van der Waals surface area contributed by atoms with E-state index in [1.807, 2.05) is 25.1 Å². The largest absolute Gasteiger partial charge is 0.388 e. The fraction of sp³-hybridized carbons (Fsp3) is 0.588. The van der Waals surface area contributed by atoms with Crippen LogP contribution in [0.5, 0.6) is 0 Å².